The van der Waals surface area contributed by atoms with Crippen molar-refractivity contribution in [2.45, 2.75) is 23.5 Å². The minimum absolute atomic E-state index is 0.0809. The van der Waals surface area contributed by atoms with Crippen molar-refractivity contribution in [2.75, 3.05) is 13.7 Å². The Kier molecular flexibility index (Phi) is 4.85. The van der Waals surface area contributed by atoms with Gasteiger partial charge in [0.05, 0.1) is 23.6 Å². The van der Waals surface area contributed by atoms with Crippen LogP contribution in [-0.2, 0) is 22.6 Å². The highest BCUT2D eigenvalue weighted by Gasteiger charge is 2.32. The van der Waals surface area contributed by atoms with Crippen LogP contribution in [-0.4, -0.2) is 28.2 Å². The highest BCUT2D eigenvalue weighted by atomic mass is 32.2. The van der Waals surface area contributed by atoms with Gasteiger partial charge in [0.1, 0.15) is 18.1 Å². The third kappa shape index (κ3) is 3.94. The first-order valence-corrected chi connectivity index (χ1v) is 9.16. The van der Waals surface area contributed by atoms with Crippen molar-refractivity contribution in [1.82, 2.24) is 4.72 Å². The molecule has 0 radical (unpaired) electrons. The van der Waals surface area contributed by atoms with Crippen LogP contribution >= 0.6 is 0 Å². The number of nitrogens with one attached hydrogen (secondary N) is 1. The van der Waals surface area contributed by atoms with E-state index >= 15 is 0 Å². The fraction of sp³-hybridized carbons (Fsp3) is 0.294. The first-order valence-electron chi connectivity index (χ1n) is 7.68. The zero-order chi connectivity index (χ0) is 18.9. The monoisotopic (exact) mass is 387 g/mol. The summed E-state index contributed by atoms with van der Waals surface area (Å²) in [7, 11) is -2.61. The molecule has 26 heavy (non-hydrogen) atoms. The number of benzene rings is 2. The first-order chi connectivity index (χ1) is 12.2. The molecule has 2 aromatic carbocycles. The normalized spacial score (nSPS) is 17.3. The maximum absolute atomic E-state index is 12.8. The van der Waals surface area contributed by atoms with Crippen LogP contribution in [0.5, 0.6) is 11.5 Å². The fourth-order valence-electron chi connectivity index (χ4n) is 2.70. The second kappa shape index (κ2) is 6.81. The van der Waals surface area contributed by atoms with Crippen molar-refractivity contribution in [3.05, 3.63) is 53.6 Å². The molecular weight excluding hydrogens is 371 g/mol. The molecule has 0 bridgehead atoms. The lowest BCUT2D eigenvalue weighted by molar-refractivity contribution is -0.137. The Balaban J connectivity index is 1.80. The minimum atomic E-state index is -4.62. The summed E-state index contributed by atoms with van der Waals surface area (Å²) >= 11 is 0. The molecule has 3 rings (SSSR count). The van der Waals surface area contributed by atoms with Crippen molar-refractivity contribution in [3.63, 3.8) is 0 Å². The van der Waals surface area contributed by atoms with Gasteiger partial charge in [0.2, 0.25) is 10.0 Å². The van der Waals surface area contributed by atoms with Gasteiger partial charge < -0.3 is 9.47 Å². The number of sulfonamides is 1. The molecule has 1 atom stereocenters. The van der Waals surface area contributed by atoms with Crippen LogP contribution in [0.3, 0.4) is 0 Å². The van der Waals surface area contributed by atoms with Gasteiger partial charge in [0.25, 0.3) is 0 Å². The van der Waals surface area contributed by atoms with Crippen LogP contribution < -0.4 is 14.2 Å². The lowest BCUT2D eigenvalue weighted by atomic mass is 10.0. The molecule has 1 N–H and O–H groups in total. The van der Waals surface area contributed by atoms with Gasteiger partial charge in [-0.2, -0.15) is 13.2 Å². The average molecular weight is 387 g/mol. The Morgan fingerprint density at radius 3 is 2.65 bits per heavy atom. The number of fused-ring (bicyclic) bond motifs is 1. The number of methoxy groups -OCH3 is 1. The van der Waals surface area contributed by atoms with E-state index in [1.54, 1.807) is 18.2 Å². The summed E-state index contributed by atoms with van der Waals surface area (Å²) < 4.78 is 76.4. The molecule has 5 nitrogen and oxygen atoms in total. The minimum Gasteiger partial charge on any atom is -0.497 e. The number of halogens is 3. The van der Waals surface area contributed by atoms with Crippen molar-refractivity contribution in [3.8, 4) is 11.5 Å². The number of ether oxygens (including phenoxy) is 2. The number of hydrogen-bond acceptors (Lipinski definition) is 4. The summed E-state index contributed by atoms with van der Waals surface area (Å²) in [6, 6.07) is 8.22. The SMILES string of the molecule is COc1ccc2c(c1)CC(NS(=O)(=O)c1cccc(C(F)(F)F)c1)CO2. The van der Waals surface area contributed by atoms with E-state index in [9.17, 15) is 21.6 Å². The van der Waals surface area contributed by atoms with Crippen LogP contribution in [0.4, 0.5) is 13.2 Å². The third-order valence-corrected chi connectivity index (χ3v) is 5.49. The van der Waals surface area contributed by atoms with Gasteiger partial charge in [-0.05, 0) is 48.4 Å². The molecule has 1 heterocycles. The van der Waals surface area contributed by atoms with Crippen molar-refractivity contribution in [1.29, 1.82) is 0 Å². The number of hydrogen-bond donors (Lipinski definition) is 1. The van der Waals surface area contributed by atoms with Crippen molar-refractivity contribution < 1.29 is 31.1 Å². The molecule has 0 amide bonds. The summed E-state index contributed by atoms with van der Waals surface area (Å²) in [6.07, 6.45) is -4.28. The zero-order valence-electron chi connectivity index (χ0n) is 13.7. The van der Waals surface area contributed by atoms with Gasteiger partial charge >= 0.3 is 6.18 Å². The molecule has 0 saturated heterocycles. The quantitative estimate of drug-likeness (QED) is 0.876. The Hall–Kier alpha value is -2.26. The molecule has 0 aromatic heterocycles. The molecular formula is C17H16F3NO4S. The van der Waals surface area contributed by atoms with E-state index in [0.29, 0.717) is 24.0 Å². The fourth-order valence-corrected chi connectivity index (χ4v) is 3.97. The Morgan fingerprint density at radius 1 is 1.19 bits per heavy atom. The molecule has 0 aliphatic carbocycles. The van der Waals surface area contributed by atoms with Gasteiger partial charge in [-0.1, -0.05) is 6.07 Å². The Labute approximate surface area is 148 Å². The van der Waals surface area contributed by atoms with Gasteiger partial charge in [-0.25, -0.2) is 13.1 Å². The predicted molar refractivity (Wildman–Crippen MR) is 87.7 cm³/mol. The van der Waals surface area contributed by atoms with E-state index in [1.165, 1.54) is 7.11 Å². The summed E-state index contributed by atoms with van der Waals surface area (Å²) in [5.41, 5.74) is -0.261. The Bertz CT molecular complexity index is 912. The van der Waals surface area contributed by atoms with Crippen molar-refractivity contribution in [2.24, 2.45) is 0 Å². The average Bonchev–Trinajstić information content (AvgIpc) is 2.60. The van der Waals surface area contributed by atoms with Crippen molar-refractivity contribution >= 4 is 10.0 Å². The smallest absolute Gasteiger partial charge is 0.416 e. The molecule has 1 unspecified atom stereocenters. The molecule has 1 aliphatic heterocycles. The van der Waals surface area contributed by atoms with E-state index in [-0.39, 0.29) is 6.61 Å². The second-order valence-electron chi connectivity index (χ2n) is 5.83. The second-order valence-corrected chi connectivity index (χ2v) is 7.55. The lowest BCUT2D eigenvalue weighted by Crippen LogP contribution is -2.42. The molecule has 0 fully saturated rings. The van der Waals surface area contributed by atoms with Crippen LogP contribution in [0, 0.1) is 0 Å². The first kappa shape index (κ1) is 18.5. The third-order valence-electron chi connectivity index (χ3n) is 3.97. The molecule has 9 heteroatoms. The van der Waals surface area contributed by atoms with E-state index in [1.807, 2.05) is 0 Å². The van der Waals surface area contributed by atoms with Crippen LogP contribution in [0.15, 0.2) is 47.4 Å². The molecule has 1 aliphatic rings. The molecule has 2 aromatic rings. The summed E-state index contributed by atoms with van der Waals surface area (Å²) in [6.45, 7) is 0.0809. The van der Waals surface area contributed by atoms with E-state index < -0.39 is 32.7 Å². The van der Waals surface area contributed by atoms with Gasteiger partial charge in [-0.3, -0.25) is 0 Å². The van der Waals surface area contributed by atoms with E-state index in [0.717, 1.165) is 23.8 Å². The molecule has 0 saturated carbocycles. The van der Waals surface area contributed by atoms with Gasteiger partial charge in [0, 0.05) is 0 Å². The van der Waals surface area contributed by atoms with Crippen LogP contribution in [0.2, 0.25) is 0 Å². The molecule has 140 valence electrons. The highest BCUT2D eigenvalue weighted by Crippen LogP contribution is 2.31. The predicted octanol–water partition coefficient (Wildman–Crippen LogP) is 3.00. The maximum atomic E-state index is 12.8. The number of alkyl halides is 3. The largest absolute Gasteiger partial charge is 0.497 e. The molecule has 0 spiro atoms. The van der Waals surface area contributed by atoms with E-state index in [2.05, 4.69) is 4.72 Å². The maximum Gasteiger partial charge on any atom is 0.416 e. The van der Waals surface area contributed by atoms with Crippen LogP contribution in [0.25, 0.3) is 0 Å². The van der Waals surface area contributed by atoms with E-state index in [4.69, 9.17) is 9.47 Å². The topological polar surface area (TPSA) is 64.6 Å². The zero-order valence-corrected chi connectivity index (χ0v) is 14.5. The van der Waals surface area contributed by atoms with Gasteiger partial charge in [-0.15, -0.1) is 0 Å². The summed E-state index contributed by atoms with van der Waals surface area (Å²) in [4.78, 5) is -0.441. The summed E-state index contributed by atoms with van der Waals surface area (Å²) in [5.74, 6) is 1.23. The Morgan fingerprint density at radius 2 is 1.96 bits per heavy atom. The van der Waals surface area contributed by atoms with Crippen LogP contribution in [0.1, 0.15) is 11.1 Å². The summed E-state index contributed by atoms with van der Waals surface area (Å²) in [5, 5.41) is 0. The van der Waals surface area contributed by atoms with Gasteiger partial charge in [0.15, 0.2) is 0 Å². The number of rotatable bonds is 4. The standard InChI is InChI=1S/C17H16F3NO4S/c1-24-14-5-6-16-11(8-14)7-13(10-25-16)21-26(22,23)15-4-2-3-12(9-15)17(18,19)20/h2-6,8-9,13,21H,7,10H2,1H3. The highest BCUT2D eigenvalue weighted by molar-refractivity contribution is 7.89. The lowest BCUT2D eigenvalue weighted by Gasteiger charge is -2.26.